The van der Waals surface area contributed by atoms with E-state index in [9.17, 15) is 9.90 Å². The van der Waals surface area contributed by atoms with Gasteiger partial charge in [0.2, 0.25) is 0 Å². The Morgan fingerprint density at radius 3 is 2.35 bits per heavy atom. The summed E-state index contributed by atoms with van der Waals surface area (Å²) in [5.41, 5.74) is -0.593. The van der Waals surface area contributed by atoms with Crippen LogP contribution in [0.4, 0.5) is 4.79 Å². The molecule has 0 saturated heterocycles. The molecule has 98 valence electrons. The Morgan fingerprint density at radius 2 is 2.00 bits per heavy atom. The molecule has 0 rings (SSSR count). The van der Waals surface area contributed by atoms with E-state index >= 15 is 0 Å². The number of hydrogen-bond donors (Lipinski definition) is 2. The van der Waals surface area contributed by atoms with E-state index in [2.05, 4.69) is 5.32 Å². The van der Waals surface area contributed by atoms with Crippen LogP contribution in [0, 0.1) is 17.2 Å². The summed E-state index contributed by atoms with van der Waals surface area (Å²) in [7, 11) is 0. The molecule has 0 fully saturated rings. The van der Waals surface area contributed by atoms with Gasteiger partial charge in [-0.15, -0.1) is 0 Å². The fourth-order valence-corrected chi connectivity index (χ4v) is 1.32. The normalized spacial score (nSPS) is 14.9. The van der Waals surface area contributed by atoms with Gasteiger partial charge in [-0.25, -0.2) is 4.79 Å². The van der Waals surface area contributed by atoms with Crippen molar-refractivity contribution in [1.29, 1.82) is 5.26 Å². The van der Waals surface area contributed by atoms with E-state index < -0.39 is 23.8 Å². The van der Waals surface area contributed by atoms with Gasteiger partial charge in [-0.1, -0.05) is 13.8 Å². The molecule has 0 aromatic rings. The first-order valence-electron chi connectivity index (χ1n) is 5.73. The highest BCUT2D eigenvalue weighted by Gasteiger charge is 2.24. The molecule has 0 saturated carbocycles. The van der Waals surface area contributed by atoms with Crippen LogP contribution in [0.2, 0.25) is 0 Å². The fraction of sp³-hybridized carbons (Fsp3) is 0.833. The summed E-state index contributed by atoms with van der Waals surface area (Å²) in [6.07, 6.45) is -1.31. The second-order valence-electron chi connectivity index (χ2n) is 5.46. The third-order valence-corrected chi connectivity index (χ3v) is 1.94. The number of nitriles is 1. The largest absolute Gasteiger partial charge is 0.444 e. The van der Waals surface area contributed by atoms with E-state index in [1.807, 2.05) is 13.8 Å². The smallest absolute Gasteiger partial charge is 0.407 e. The standard InChI is InChI=1S/C12H22N2O3/c1-8(2)6-9(10(15)7-13)14-11(16)17-12(3,4)5/h8-10,15H,6H2,1-5H3,(H,14,16). The van der Waals surface area contributed by atoms with Crippen molar-refractivity contribution in [2.75, 3.05) is 0 Å². The zero-order chi connectivity index (χ0) is 13.6. The minimum Gasteiger partial charge on any atom is -0.444 e. The molecular formula is C12H22N2O3. The van der Waals surface area contributed by atoms with E-state index in [1.54, 1.807) is 26.8 Å². The van der Waals surface area contributed by atoms with E-state index in [4.69, 9.17) is 10.00 Å². The Balaban J connectivity index is 4.44. The van der Waals surface area contributed by atoms with Crippen molar-refractivity contribution in [3.8, 4) is 6.07 Å². The lowest BCUT2D eigenvalue weighted by atomic mass is 10.00. The first-order chi connectivity index (χ1) is 7.65. The van der Waals surface area contributed by atoms with E-state index in [1.165, 1.54) is 0 Å². The SMILES string of the molecule is CC(C)CC(NC(=O)OC(C)(C)C)C(O)C#N. The predicted octanol–water partition coefficient (Wildman–Crippen LogP) is 1.81. The quantitative estimate of drug-likeness (QED) is 0.736. The number of amides is 1. The summed E-state index contributed by atoms with van der Waals surface area (Å²) in [4.78, 5) is 11.5. The Labute approximate surface area is 103 Å². The molecule has 0 aromatic carbocycles. The lowest BCUT2D eigenvalue weighted by Crippen LogP contribution is -2.45. The van der Waals surface area contributed by atoms with Gasteiger partial charge in [0.25, 0.3) is 0 Å². The van der Waals surface area contributed by atoms with Gasteiger partial charge in [-0.2, -0.15) is 5.26 Å². The number of alkyl carbamates (subject to hydrolysis) is 1. The molecule has 1 amide bonds. The van der Waals surface area contributed by atoms with Crippen molar-refractivity contribution >= 4 is 6.09 Å². The monoisotopic (exact) mass is 242 g/mol. The summed E-state index contributed by atoms with van der Waals surface area (Å²) in [6, 6.07) is 1.12. The van der Waals surface area contributed by atoms with E-state index in [-0.39, 0.29) is 5.92 Å². The van der Waals surface area contributed by atoms with Gasteiger partial charge >= 0.3 is 6.09 Å². The summed E-state index contributed by atoms with van der Waals surface area (Å²) >= 11 is 0. The van der Waals surface area contributed by atoms with Crippen molar-refractivity contribution in [2.24, 2.45) is 5.92 Å². The molecule has 17 heavy (non-hydrogen) atoms. The van der Waals surface area contributed by atoms with Crippen LogP contribution in [0.25, 0.3) is 0 Å². The van der Waals surface area contributed by atoms with Crippen LogP contribution < -0.4 is 5.32 Å². The number of carbonyl (C=O) groups is 1. The zero-order valence-corrected chi connectivity index (χ0v) is 11.2. The molecule has 0 aliphatic heterocycles. The molecule has 0 radical (unpaired) electrons. The van der Waals surface area contributed by atoms with Crippen LogP contribution in [0.1, 0.15) is 41.0 Å². The molecule has 0 bridgehead atoms. The number of nitrogens with one attached hydrogen (secondary N) is 1. The molecule has 5 heteroatoms. The molecule has 0 aromatic heterocycles. The van der Waals surface area contributed by atoms with Gasteiger partial charge in [-0.3, -0.25) is 0 Å². The average Bonchev–Trinajstić information content (AvgIpc) is 2.11. The van der Waals surface area contributed by atoms with Gasteiger partial charge in [0.15, 0.2) is 6.10 Å². The second-order valence-corrected chi connectivity index (χ2v) is 5.46. The van der Waals surface area contributed by atoms with Crippen molar-refractivity contribution in [1.82, 2.24) is 5.32 Å². The number of aliphatic hydroxyl groups excluding tert-OH is 1. The lowest BCUT2D eigenvalue weighted by molar-refractivity contribution is 0.0446. The minimum absolute atomic E-state index is 0.262. The van der Waals surface area contributed by atoms with E-state index in [0.717, 1.165) is 0 Å². The molecule has 5 nitrogen and oxygen atoms in total. The van der Waals surface area contributed by atoms with E-state index in [0.29, 0.717) is 6.42 Å². The third kappa shape index (κ3) is 7.58. The molecule has 0 heterocycles. The summed E-state index contributed by atoms with van der Waals surface area (Å²) in [6.45, 7) is 9.17. The highest BCUT2D eigenvalue weighted by molar-refractivity contribution is 5.68. The molecule has 0 aliphatic carbocycles. The number of nitrogens with zero attached hydrogens (tertiary/aromatic N) is 1. The van der Waals surface area contributed by atoms with Gasteiger partial charge in [0, 0.05) is 0 Å². The molecule has 2 N–H and O–H groups in total. The Morgan fingerprint density at radius 1 is 1.47 bits per heavy atom. The molecule has 2 atom stereocenters. The van der Waals surface area contributed by atoms with Gasteiger partial charge in [-0.05, 0) is 33.1 Å². The predicted molar refractivity (Wildman–Crippen MR) is 64.2 cm³/mol. The number of rotatable bonds is 4. The van der Waals surface area contributed by atoms with Crippen molar-refractivity contribution in [3.63, 3.8) is 0 Å². The lowest BCUT2D eigenvalue weighted by Gasteiger charge is -2.25. The van der Waals surface area contributed by atoms with Gasteiger partial charge in [0.1, 0.15) is 5.60 Å². The number of hydrogen-bond acceptors (Lipinski definition) is 4. The van der Waals surface area contributed by atoms with Crippen molar-refractivity contribution < 1.29 is 14.6 Å². The van der Waals surface area contributed by atoms with Gasteiger partial charge < -0.3 is 15.2 Å². The van der Waals surface area contributed by atoms with Crippen LogP contribution in [0.15, 0.2) is 0 Å². The summed E-state index contributed by atoms with van der Waals surface area (Å²) < 4.78 is 5.07. The summed E-state index contributed by atoms with van der Waals surface area (Å²) in [5, 5.41) is 20.7. The van der Waals surface area contributed by atoms with Crippen LogP contribution >= 0.6 is 0 Å². The highest BCUT2D eigenvalue weighted by Crippen LogP contribution is 2.11. The molecule has 0 aliphatic rings. The maximum Gasteiger partial charge on any atom is 0.407 e. The van der Waals surface area contributed by atoms with Crippen molar-refractivity contribution in [2.45, 2.75) is 58.8 Å². The Bertz CT molecular complexity index is 289. The van der Waals surface area contributed by atoms with Crippen LogP contribution in [0.5, 0.6) is 0 Å². The summed E-state index contributed by atoms with van der Waals surface area (Å²) in [5.74, 6) is 0.262. The average molecular weight is 242 g/mol. The molecular weight excluding hydrogens is 220 g/mol. The van der Waals surface area contributed by atoms with Crippen LogP contribution in [-0.2, 0) is 4.74 Å². The van der Waals surface area contributed by atoms with Crippen LogP contribution in [-0.4, -0.2) is 28.9 Å². The Kier molecular flexibility index (Phi) is 5.97. The number of carbonyl (C=O) groups excluding carboxylic acids is 1. The molecule has 2 unspecified atom stereocenters. The third-order valence-electron chi connectivity index (χ3n) is 1.94. The zero-order valence-electron chi connectivity index (χ0n) is 11.2. The first-order valence-corrected chi connectivity index (χ1v) is 5.73. The number of aliphatic hydroxyl groups is 1. The fourth-order valence-electron chi connectivity index (χ4n) is 1.32. The highest BCUT2D eigenvalue weighted by atomic mass is 16.6. The second kappa shape index (κ2) is 6.45. The maximum absolute atomic E-state index is 11.5. The van der Waals surface area contributed by atoms with Crippen molar-refractivity contribution in [3.05, 3.63) is 0 Å². The first kappa shape index (κ1) is 15.7. The molecule has 0 spiro atoms. The number of ether oxygens (including phenoxy) is 1. The Hall–Kier alpha value is -1.28. The maximum atomic E-state index is 11.5. The van der Waals surface area contributed by atoms with Crippen LogP contribution in [0.3, 0.4) is 0 Å². The van der Waals surface area contributed by atoms with Gasteiger partial charge in [0.05, 0.1) is 12.1 Å². The topological polar surface area (TPSA) is 82.3 Å². The minimum atomic E-state index is -1.22.